The van der Waals surface area contributed by atoms with Gasteiger partial charge in [0.1, 0.15) is 0 Å². The molecule has 6 nitrogen and oxygen atoms in total. The third-order valence-corrected chi connectivity index (χ3v) is 4.82. The monoisotopic (exact) mass is 336 g/mol. The number of fused-ring (bicyclic) bond motifs is 1. The van der Waals surface area contributed by atoms with Gasteiger partial charge < -0.3 is 4.98 Å². The molecule has 130 valence electrons. The van der Waals surface area contributed by atoms with Crippen LogP contribution in [-0.2, 0) is 18.4 Å². The molecule has 2 N–H and O–H groups in total. The maximum atomic E-state index is 4.61. The zero-order valence-corrected chi connectivity index (χ0v) is 15.0. The highest BCUT2D eigenvalue weighted by molar-refractivity contribution is 5.31. The summed E-state index contributed by atoms with van der Waals surface area (Å²) in [4.78, 5) is 14.5. The van der Waals surface area contributed by atoms with Gasteiger partial charge in [0.05, 0.1) is 23.8 Å². The first-order valence-electron chi connectivity index (χ1n) is 8.73. The summed E-state index contributed by atoms with van der Waals surface area (Å²) >= 11 is 0. The summed E-state index contributed by atoms with van der Waals surface area (Å²) in [5.41, 5.74) is 5.87. The van der Waals surface area contributed by atoms with Crippen molar-refractivity contribution in [3.8, 4) is 0 Å². The lowest BCUT2D eigenvalue weighted by Crippen LogP contribution is -2.36. The van der Waals surface area contributed by atoms with E-state index in [1.807, 2.05) is 12.4 Å². The summed E-state index contributed by atoms with van der Waals surface area (Å²) in [5, 5.41) is 7.72. The molecule has 0 bridgehead atoms. The molecule has 4 heterocycles. The molecule has 0 spiro atoms. The van der Waals surface area contributed by atoms with Crippen LogP contribution < -0.4 is 0 Å². The second-order valence-corrected chi connectivity index (χ2v) is 7.70. The molecule has 0 saturated carbocycles. The van der Waals surface area contributed by atoms with E-state index in [-0.39, 0.29) is 11.5 Å². The lowest BCUT2D eigenvalue weighted by Gasteiger charge is -2.34. The van der Waals surface area contributed by atoms with Crippen molar-refractivity contribution in [3.63, 3.8) is 0 Å². The van der Waals surface area contributed by atoms with Gasteiger partial charge in [0.15, 0.2) is 0 Å². The summed E-state index contributed by atoms with van der Waals surface area (Å²) in [7, 11) is 0. The fourth-order valence-electron chi connectivity index (χ4n) is 3.46. The lowest BCUT2D eigenvalue weighted by atomic mass is 9.92. The highest BCUT2D eigenvalue weighted by Gasteiger charge is 2.31. The molecule has 25 heavy (non-hydrogen) atoms. The van der Waals surface area contributed by atoms with Crippen molar-refractivity contribution in [1.82, 2.24) is 30.0 Å². The van der Waals surface area contributed by atoms with Gasteiger partial charge in [-0.05, 0) is 23.8 Å². The number of H-pyrrole nitrogens is 2. The Kier molecular flexibility index (Phi) is 3.92. The van der Waals surface area contributed by atoms with Crippen molar-refractivity contribution in [2.45, 2.75) is 45.2 Å². The van der Waals surface area contributed by atoms with E-state index in [9.17, 15) is 0 Å². The molecule has 1 aliphatic heterocycles. The van der Waals surface area contributed by atoms with Crippen LogP contribution in [0.25, 0.3) is 0 Å². The van der Waals surface area contributed by atoms with Crippen molar-refractivity contribution in [2.24, 2.45) is 0 Å². The molecule has 1 atom stereocenters. The standard InChI is InChI=1S/C19H24N6/c1-19(2,3)16-10-14(23-24-16)11-25-9-6-15-17(22-12-21-15)18(25)13-4-7-20-8-5-13/h4-5,7-8,10,12,18H,6,9,11H2,1-3H3,(H,21,22)(H,23,24). The molecule has 0 amide bonds. The van der Waals surface area contributed by atoms with Gasteiger partial charge in [-0.1, -0.05) is 20.8 Å². The number of aromatic nitrogens is 5. The fraction of sp³-hybridized carbons (Fsp3) is 0.421. The summed E-state index contributed by atoms with van der Waals surface area (Å²) < 4.78 is 0. The number of nitrogens with zero attached hydrogens (tertiary/aromatic N) is 4. The van der Waals surface area contributed by atoms with E-state index in [1.54, 1.807) is 6.33 Å². The zero-order chi connectivity index (χ0) is 17.4. The fourth-order valence-corrected chi connectivity index (χ4v) is 3.46. The predicted molar refractivity (Wildman–Crippen MR) is 96.1 cm³/mol. The van der Waals surface area contributed by atoms with Crippen LogP contribution in [0.2, 0.25) is 0 Å². The van der Waals surface area contributed by atoms with Gasteiger partial charge in [0.25, 0.3) is 0 Å². The Labute approximate surface area is 147 Å². The number of nitrogens with one attached hydrogen (secondary N) is 2. The summed E-state index contributed by atoms with van der Waals surface area (Å²) in [6.45, 7) is 8.35. The highest BCUT2D eigenvalue weighted by Crippen LogP contribution is 2.34. The minimum atomic E-state index is 0.0521. The molecule has 0 aromatic carbocycles. The quantitative estimate of drug-likeness (QED) is 0.771. The van der Waals surface area contributed by atoms with Crippen molar-refractivity contribution < 1.29 is 0 Å². The molecule has 1 unspecified atom stereocenters. The van der Waals surface area contributed by atoms with Crippen LogP contribution in [0.1, 0.15) is 55.2 Å². The number of pyridine rings is 1. The Balaban J connectivity index is 1.65. The molecule has 4 rings (SSSR count). The maximum absolute atomic E-state index is 4.61. The zero-order valence-electron chi connectivity index (χ0n) is 15.0. The normalized spacial score (nSPS) is 18.3. The molecule has 3 aromatic heterocycles. The van der Waals surface area contributed by atoms with Gasteiger partial charge in [-0.15, -0.1) is 0 Å². The van der Waals surface area contributed by atoms with E-state index in [2.05, 4.69) is 69.0 Å². The van der Waals surface area contributed by atoms with Gasteiger partial charge in [0, 0.05) is 48.7 Å². The molecule has 0 saturated heterocycles. The molecule has 6 heteroatoms. The first-order valence-corrected chi connectivity index (χ1v) is 8.73. The van der Waals surface area contributed by atoms with E-state index in [4.69, 9.17) is 0 Å². The van der Waals surface area contributed by atoms with Crippen LogP contribution in [0.15, 0.2) is 36.9 Å². The SMILES string of the molecule is CC(C)(C)c1cc(CN2CCc3[nH]cnc3C2c2ccncc2)[nH]n1. The molecule has 3 aromatic rings. The van der Waals surface area contributed by atoms with Gasteiger partial charge in [0.2, 0.25) is 0 Å². The van der Waals surface area contributed by atoms with Crippen LogP contribution in [0, 0.1) is 0 Å². The predicted octanol–water partition coefficient (Wildman–Crippen LogP) is 2.97. The minimum Gasteiger partial charge on any atom is -0.348 e. The first-order chi connectivity index (χ1) is 12.0. The highest BCUT2D eigenvalue weighted by atomic mass is 15.2. The number of hydrogen-bond acceptors (Lipinski definition) is 4. The van der Waals surface area contributed by atoms with E-state index in [1.165, 1.54) is 11.3 Å². The van der Waals surface area contributed by atoms with Gasteiger partial charge in [-0.2, -0.15) is 5.10 Å². The Morgan fingerprint density at radius 1 is 1.24 bits per heavy atom. The molecule has 1 aliphatic rings. The smallest absolute Gasteiger partial charge is 0.0926 e. The van der Waals surface area contributed by atoms with Crippen LogP contribution >= 0.6 is 0 Å². The third-order valence-electron chi connectivity index (χ3n) is 4.82. The molecule has 0 radical (unpaired) electrons. The van der Waals surface area contributed by atoms with Crippen LogP contribution in [0.4, 0.5) is 0 Å². The summed E-state index contributed by atoms with van der Waals surface area (Å²) in [6, 6.07) is 6.48. The minimum absolute atomic E-state index is 0.0521. The second kappa shape index (κ2) is 6.11. The lowest BCUT2D eigenvalue weighted by molar-refractivity contribution is 0.198. The van der Waals surface area contributed by atoms with Crippen LogP contribution in [0.3, 0.4) is 0 Å². The van der Waals surface area contributed by atoms with E-state index < -0.39 is 0 Å². The van der Waals surface area contributed by atoms with Crippen LogP contribution in [0.5, 0.6) is 0 Å². The number of aromatic amines is 2. The number of hydrogen-bond donors (Lipinski definition) is 2. The molecule has 0 aliphatic carbocycles. The van der Waals surface area contributed by atoms with E-state index in [0.29, 0.717) is 0 Å². The summed E-state index contributed by atoms with van der Waals surface area (Å²) in [5.74, 6) is 0. The average molecular weight is 336 g/mol. The second-order valence-electron chi connectivity index (χ2n) is 7.70. The first kappa shape index (κ1) is 16.0. The molecule has 0 fully saturated rings. The number of rotatable bonds is 3. The Bertz CT molecular complexity index is 842. The van der Waals surface area contributed by atoms with Crippen molar-refractivity contribution >= 4 is 0 Å². The third kappa shape index (κ3) is 3.09. The largest absolute Gasteiger partial charge is 0.348 e. The summed E-state index contributed by atoms with van der Waals surface area (Å²) in [6.07, 6.45) is 6.48. The van der Waals surface area contributed by atoms with Crippen LogP contribution in [-0.4, -0.2) is 36.6 Å². The van der Waals surface area contributed by atoms with Gasteiger partial charge in [-0.3, -0.25) is 15.0 Å². The average Bonchev–Trinajstić information content (AvgIpc) is 3.24. The Hall–Kier alpha value is -2.47. The van der Waals surface area contributed by atoms with Crippen molar-refractivity contribution in [3.05, 3.63) is 65.3 Å². The van der Waals surface area contributed by atoms with Crippen molar-refractivity contribution in [1.29, 1.82) is 0 Å². The maximum Gasteiger partial charge on any atom is 0.0926 e. The number of imidazole rings is 1. The topological polar surface area (TPSA) is 73.5 Å². The van der Waals surface area contributed by atoms with Gasteiger partial charge in [-0.25, -0.2) is 4.98 Å². The van der Waals surface area contributed by atoms with E-state index in [0.717, 1.165) is 36.6 Å². The van der Waals surface area contributed by atoms with Crippen molar-refractivity contribution in [2.75, 3.05) is 6.54 Å². The Morgan fingerprint density at radius 3 is 2.76 bits per heavy atom. The molecular formula is C19H24N6. The Morgan fingerprint density at radius 2 is 2.04 bits per heavy atom. The van der Waals surface area contributed by atoms with E-state index >= 15 is 0 Å². The van der Waals surface area contributed by atoms with Gasteiger partial charge >= 0.3 is 0 Å². The molecular weight excluding hydrogens is 312 g/mol.